The summed E-state index contributed by atoms with van der Waals surface area (Å²) in [7, 11) is 0. The van der Waals surface area contributed by atoms with Crippen LogP contribution in [0.1, 0.15) is 10.5 Å². The molecule has 0 saturated carbocycles. The van der Waals surface area contributed by atoms with Crippen LogP contribution in [0.25, 0.3) is 0 Å². The lowest BCUT2D eigenvalue weighted by Gasteiger charge is -2.03. The van der Waals surface area contributed by atoms with Crippen molar-refractivity contribution in [2.75, 3.05) is 0 Å². The van der Waals surface area contributed by atoms with Crippen LogP contribution in [0.4, 0.5) is 0 Å². The number of ether oxygens (including phenoxy) is 1. The number of aromatic carboxylic acids is 1. The zero-order valence-corrected chi connectivity index (χ0v) is 9.26. The predicted molar refractivity (Wildman–Crippen MR) is 60.5 cm³/mol. The van der Waals surface area contributed by atoms with Crippen molar-refractivity contribution in [3.05, 3.63) is 47.2 Å². The van der Waals surface area contributed by atoms with Gasteiger partial charge in [-0.25, -0.2) is 9.78 Å². The molecule has 1 aromatic carbocycles. The van der Waals surface area contributed by atoms with Crippen molar-refractivity contribution < 1.29 is 14.6 Å². The molecule has 1 aromatic heterocycles. The zero-order chi connectivity index (χ0) is 12.3. The third-order valence-corrected chi connectivity index (χ3v) is 2.13. The lowest BCUT2D eigenvalue weighted by molar-refractivity contribution is 0.0689. The van der Waals surface area contributed by atoms with Crippen LogP contribution in [0, 0.1) is 0 Å². The van der Waals surface area contributed by atoms with Crippen LogP contribution in [-0.2, 0) is 0 Å². The first-order valence-corrected chi connectivity index (χ1v) is 5.03. The highest BCUT2D eigenvalue weighted by Crippen LogP contribution is 2.20. The summed E-state index contributed by atoms with van der Waals surface area (Å²) in [6.45, 7) is 0. The van der Waals surface area contributed by atoms with E-state index in [2.05, 4.69) is 9.97 Å². The van der Waals surface area contributed by atoms with E-state index in [0.717, 1.165) is 0 Å². The van der Waals surface area contributed by atoms with Crippen molar-refractivity contribution in [3.63, 3.8) is 0 Å². The fourth-order valence-electron chi connectivity index (χ4n) is 1.12. The molecular weight excluding hydrogens is 244 g/mol. The molecule has 86 valence electrons. The third-order valence-electron chi connectivity index (χ3n) is 1.88. The number of hydrogen-bond acceptors (Lipinski definition) is 4. The van der Waals surface area contributed by atoms with E-state index in [-0.39, 0.29) is 11.7 Å². The Hall–Kier alpha value is -2.14. The minimum absolute atomic E-state index is 0.0211. The van der Waals surface area contributed by atoms with Crippen molar-refractivity contribution in [1.29, 1.82) is 0 Å². The molecule has 0 unspecified atom stereocenters. The minimum atomic E-state index is -1.13. The van der Waals surface area contributed by atoms with Gasteiger partial charge in [-0.1, -0.05) is 11.6 Å². The van der Waals surface area contributed by atoms with Gasteiger partial charge in [-0.3, -0.25) is 0 Å². The number of carboxylic acids is 1. The maximum atomic E-state index is 10.7. The molecule has 0 bridgehead atoms. The van der Waals surface area contributed by atoms with Crippen LogP contribution in [-0.4, -0.2) is 21.0 Å². The van der Waals surface area contributed by atoms with Gasteiger partial charge in [0.25, 0.3) is 0 Å². The number of benzene rings is 1. The predicted octanol–water partition coefficient (Wildman–Crippen LogP) is 2.62. The van der Waals surface area contributed by atoms with Gasteiger partial charge in [0.1, 0.15) is 5.75 Å². The van der Waals surface area contributed by atoms with E-state index in [4.69, 9.17) is 21.4 Å². The van der Waals surface area contributed by atoms with Gasteiger partial charge in [0.15, 0.2) is 5.69 Å². The van der Waals surface area contributed by atoms with E-state index in [1.54, 1.807) is 24.3 Å². The van der Waals surface area contributed by atoms with Crippen LogP contribution < -0.4 is 4.74 Å². The maximum absolute atomic E-state index is 10.7. The molecule has 0 aliphatic heterocycles. The maximum Gasteiger partial charge on any atom is 0.354 e. The van der Waals surface area contributed by atoms with E-state index >= 15 is 0 Å². The van der Waals surface area contributed by atoms with Crippen LogP contribution in [0.5, 0.6) is 11.8 Å². The highest BCUT2D eigenvalue weighted by atomic mass is 35.5. The molecule has 0 amide bonds. The molecular formula is C11H7ClN2O3. The topological polar surface area (TPSA) is 72.3 Å². The van der Waals surface area contributed by atoms with Crippen LogP contribution >= 0.6 is 11.6 Å². The standard InChI is InChI=1S/C11H7ClN2O3/c12-7-1-3-8(4-2-7)17-11-13-6-5-9(14-11)10(15)16/h1-6H,(H,15,16). The van der Waals surface area contributed by atoms with Gasteiger partial charge < -0.3 is 9.84 Å². The summed E-state index contributed by atoms with van der Waals surface area (Å²) < 4.78 is 5.28. The van der Waals surface area contributed by atoms with E-state index in [9.17, 15) is 4.79 Å². The SMILES string of the molecule is O=C(O)c1ccnc(Oc2ccc(Cl)cc2)n1. The van der Waals surface area contributed by atoms with E-state index in [0.29, 0.717) is 10.8 Å². The Kier molecular flexibility index (Phi) is 3.20. The average molecular weight is 251 g/mol. The molecule has 5 nitrogen and oxygen atoms in total. The Bertz CT molecular complexity index is 543. The molecule has 0 fully saturated rings. The smallest absolute Gasteiger partial charge is 0.354 e. The minimum Gasteiger partial charge on any atom is -0.477 e. The summed E-state index contributed by atoms with van der Waals surface area (Å²) in [6, 6.07) is 7.85. The van der Waals surface area contributed by atoms with Gasteiger partial charge in [0.2, 0.25) is 0 Å². The number of rotatable bonds is 3. The van der Waals surface area contributed by atoms with Gasteiger partial charge in [0.05, 0.1) is 0 Å². The van der Waals surface area contributed by atoms with E-state index < -0.39 is 5.97 Å². The lowest BCUT2D eigenvalue weighted by Crippen LogP contribution is -2.02. The molecule has 0 aliphatic rings. The molecule has 1 heterocycles. The van der Waals surface area contributed by atoms with E-state index in [1.165, 1.54) is 12.3 Å². The van der Waals surface area contributed by atoms with E-state index in [1.807, 2.05) is 0 Å². The van der Waals surface area contributed by atoms with Gasteiger partial charge in [-0.2, -0.15) is 4.98 Å². The fourth-order valence-corrected chi connectivity index (χ4v) is 1.24. The second-order valence-corrected chi connectivity index (χ2v) is 3.52. The van der Waals surface area contributed by atoms with Gasteiger partial charge in [-0.15, -0.1) is 0 Å². The van der Waals surface area contributed by atoms with Crippen molar-refractivity contribution in [3.8, 4) is 11.8 Å². The van der Waals surface area contributed by atoms with Gasteiger partial charge in [0, 0.05) is 11.2 Å². The molecule has 0 atom stereocenters. The summed E-state index contributed by atoms with van der Waals surface area (Å²) in [4.78, 5) is 18.2. The number of aromatic nitrogens is 2. The summed E-state index contributed by atoms with van der Waals surface area (Å²) in [6.07, 6.45) is 1.32. The van der Waals surface area contributed by atoms with Crippen molar-refractivity contribution in [2.45, 2.75) is 0 Å². The Morgan fingerprint density at radius 1 is 1.24 bits per heavy atom. The molecule has 6 heteroatoms. The first kappa shape index (κ1) is 11.3. The summed E-state index contributed by atoms with van der Waals surface area (Å²) >= 11 is 5.72. The second-order valence-electron chi connectivity index (χ2n) is 3.09. The van der Waals surface area contributed by atoms with Crippen molar-refractivity contribution >= 4 is 17.6 Å². The molecule has 0 aliphatic carbocycles. The van der Waals surface area contributed by atoms with Crippen molar-refractivity contribution in [2.24, 2.45) is 0 Å². The number of nitrogens with zero attached hydrogens (tertiary/aromatic N) is 2. The molecule has 17 heavy (non-hydrogen) atoms. The Labute approximate surface area is 102 Å². The number of hydrogen-bond donors (Lipinski definition) is 1. The average Bonchev–Trinajstić information content (AvgIpc) is 2.32. The third kappa shape index (κ3) is 2.92. The quantitative estimate of drug-likeness (QED) is 0.907. The van der Waals surface area contributed by atoms with Crippen LogP contribution in [0.3, 0.4) is 0 Å². The molecule has 0 spiro atoms. The second kappa shape index (κ2) is 4.80. The highest BCUT2D eigenvalue weighted by molar-refractivity contribution is 6.30. The molecule has 1 N–H and O–H groups in total. The Morgan fingerprint density at radius 3 is 2.59 bits per heavy atom. The molecule has 2 aromatic rings. The molecule has 2 rings (SSSR count). The normalized spacial score (nSPS) is 9.94. The highest BCUT2D eigenvalue weighted by Gasteiger charge is 2.07. The fraction of sp³-hybridized carbons (Fsp3) is 0. The monoisotopic (exact) mass is 250 g/mol. The number of carboxylic acid groups (broad SMARTS) is 1. The number of carbonyl (C=O) groups is 1. The zero-order valence-electron chi connectivity index (χ0n) is 8.50. The number of halogens is 1. The van der Waals surface area contributed by atoms with Crippen LogP contribution in [0.15, 0.2) is 36.5 Å². The Balaban J connectivity index is 2.21. The van der Waals surface area contributed by atoms with Gasteiger partial charge in [-0.05, 0) is 30.3 Å². The molecule has 0 saturated heterocycles. The van der Waals surface area contributed by atoms with Crippen LogP contribution in [0.2, 0.25) is 5.02 Å². The molecule has 0 radical (unpaired) electrons. The van der Waals surface area contributed by atoms with Gasteiger partial charge >= 0.3 is 12.0 Å². The summed E-state index contributed by atoms with van der Waals surface area (Å²) in [5, 5.41) is 9.33. The largest absolute Gasteiger partial charge is 0.477 e. The Morgan fingerprint density at radius 2 is 1.94 bits per heavy atom. The first-order chi connectivity index (χ1) is 8.15. The first-order valence-electron chi connectivity index (χ1n) is 4.65. The summed E-state index contributed by atoms with van der Waals surface area (Å²) in [5.74, 6) is -0.648. The lowest BCUT2D eigenvalue weighted by atomic mass is 10.3. The summed E-state index contributed by atoms with van der Waals surface area (Å²) in [5.41, 5.74) is -0.121. The van der Waals surface area contributed by atoms with Crippen molar-refractivity contribution in [1.82, 2.24) is 9.97 Å².